The Morgan fingerprint density at radius 1 is 0.971 bits per heavy atom. The molecule has 0 fully saturated rings. The number of benzene rings is 2. The van der Waals surface area contributed by atoms with Crippen molar-refractivity contribution >= 4 is 45.9 Å². The fourth-order valence-corrected chi connectivity index (χ4v) is 4.56. The molecule has 2 heterocycles. The van der Waals surface area contributed by atoms with E-state index in [1.165, 1.54) is 43.8 Å². The molecule has 34 heavy (non-hydrogen) atoms. The molecular weight excluding hydrogens is 454 g/mol. The number of hydrogen-bond acceptors (Lipinski definition) is 7. The number of imidazole rings is 1. The van der Waals surface area contributed by atoms with Crippen LogP contribution in [0.4, 0.5) is 5.69 Å². The molecule has 0 aliphatic rings. The van der Waals surface area contributed by atoms with Crippen molar-refractivity contribution in [3.8, 4) is 10.7 Å². The number of aromatic nitrogens is 2. The van der Waals surface area contributed by atoms with Crippen LogP contribution in [-0.2, 0) is 16.0 Å². The number of aryl methyl sites for hydroxylation is 1. The van der Waals surface area contributed by atoms with Crippen molar-refractivity contribution in [2.75, 3.05) is 19.5 Å². The van der Waals surface area contributed by atoms with Gasteiger partial charge in [0.05, 0.1) is 46.1 Å². The van der Waals surface area contributed by atoms with Crippen LogP contribution in [0.5, 0.6) is 0 Å². The van der Waals surface area contributed by atoms with Gasteiger partial charge in [-0.3, -0.25) is 4.79 Å². The van der Waals surface area contributed by atoms with Gasteiger partial charge in [0, 0.05) is 12.2 Å². The lowest BCUT2D eigenvalue weighted by atomic mass is 10.1. The van der Waals surface area contributed by atoms with Crippen molar-refractivity contribution in [1.82, 2.24) is 9.55 Å². The molecule has 1 amide bonds. The summed E-state index contributed by atoms with van der Waals surface area (Å²) in [6.07, 6.45) is 0.950. The van der Waals surface area contributed by atoms with Crippen LogP contribution in [0.1, 0.15) is 43.7 Å². The molecule has 0 bridgehead atoms. The van der Waals surface area contributed by atoms with Gasteiger partial charge in [-0.2, -0.15) is 0 Å². The second kappa shape index (κ2) is 9.88. The number of esters is 2. The lowest BCUT2D eigenvalue weighted by Gasteiger charge is -2.09. The minimum atomic E-state index is -0.630. The van der Waals surface area contributed by atoms with Crippen LogP contribution in [-0.4, -0.2) is 41.6 Å². The maximum Gasteiger partial charge on any atom is 0.337 e. The molecule has 0 saturated carbocycles. The van der Waals surface area contributed by atoms with Crippen molar-refractivity contribution in [3.63, 3.8) is 0 Å². The Morgan fingerprint density at radius 3 is 2.29 bits per heavy atom. The summed E-state index contributed by atoms with van der Waals surface area (Å²) >= 11 is 1.32. The fourth-order valence-electron chi connectivity index (χ4n) is 3.66. The summed E-state index contributed by atoms with van der Waals surface area (Å²) in [7, 11) is 2.48. The smallest absolute Gasteiger partial charge is 0.337 e. The molecular formula is C25H23N3O5S. The van der Waals surface area contributed by atoms with Gasteiger partial charge in [0.25, 0.3) is 5.91 Å². The Balaban J connectivity index is 1.64. The number of carbonyl (C=O) groups excluding carboxylic acids is 3. The highest BCUT2D eigenvalue weighted by Gasteiger charge is 2.18. The summed E-state index contributed by atoms with van der Waals surface area (Å²) < 4.78 is 11.7. The number of amides is 1. The van der Waals surface area contributed by atoms with Gasteiger partial charge in [-0.15, -0.1) is 11.3 Å². The summed E-state index contributed by atoms with van der Waals surface area (Å²) in [6.45, 7) is 2.92. The summed E-state index contributed by atoms with van der Waals surface area (Å²) in [4.78, 5) is 43.1. The van der Waals surface area contributed by atoms with E-state index >= 15 is 0 Å². The zero-order valence-corrected chi connectivity index (χ0v) is 19.8. The first kappa shape index (κ1) is 23.2. The quantitative estimate of drug-likeness (QED) is 0.376. The van der Waals surface area contributed by atoms with Gasteiger partial charge < -0.3 is 19.4 Å². The van der Waals surface area contributed by atoms with E-state index in [0.29, 0.717) is 4.88 Å². The predicted octanol–water partition coefficient (Wildman–Crippen LogP) is 5.00. The van der Waals surface area contributed by atoms with Gasteiger partial charge in [-0.25, -0.2) is 14.6 Å². The Morgan fingerprint density at radius 2 is 1.65 bits per heavy atom. The number of nitrogens with one attached hydrogen (secondary N) is 1. The maximum absolute atomic E-state index is 13.0. The summed E-state index contributed by atoms with van der Waals surface area (Å²) in [6, 6.07) is 15.8. The monoisotopic (exact) mass is 477 g/mol. The Hall–Kier alpha value is -3.98. The van der Waals surface area contributed by atoms with Crippen LogP contribution in [0.2, 0.25) is 0 Å². The van der Waals surface area contributed by atoms with E-state index in [1.807, 2.05) is 30.3 Å². The van der Waals surface area contributed by atoms with Gasteiger partial charge in [0.15, 0.2) is 5.82 Å². The minimum Gasteiger partial charge on any atom is -0.465 e. The third-order valence-electron chi connectivity index (χ3n) is 5.19. The number of fused-ring (bicyclic) bond motifs is 1. The Kier molecular flexibility index (Phi) is 6.74. The SMILES string of the molecule is CCCn1c(-c2ccc(C(=O)Nc3cc(C(=O)OC)cc(C(=O)OC)c3)s2)nc2ccccc21. The number of para-hydroxylation sites is 2. The number of anilines is 1. The summed E-state index contributed by atoms with van der Waals surface area (Å²) in [5.74, 6) is -0.816. The summed E-state index contributed by atoms with van der Waals surface area (Å²) in [5.41, 5.74) is 2.48. The van der Waals surface area contributed by atoms with Gasteiger partial charge in [0.2, 0.25) is 0 Å². The molecule has 0 atom stereocenters. The molecule has 8 nitrogen and oxygen atoms in total. The van der Waals surface area contributed by atoms with Gasteiger partial charge in [-0.1, -0.05) is 19.1 Å². The fraction of sp³-hybridized carbons (Fsp3) is 0.200. The van der Waals surface area contributed by atoms with Gasteiger partial charge in [-0.05, 0) is 48.9 Å². The first-order valence-electron chi connectivity index (χ1n) is 10.6. The molecule has 0 unspecified atom stereocenters. The highest BCUT2D eigenvalue weighted by molar-refractivity contribution is 7.17. The number of rotatable bonds is 7. The van der Waals surface area contributed by atoms with Gasteiger partial charge >= 0.3 is 11.9 Å². The third-order valence-corrected chi connectivity index (χ3v) is 6.26. The normalized spacial score (nSPS) is 10.8. The van der Waals surface area contributed by atoms with Crippen molar-refractivity contribution in [3.05, 3.63) is 70.6 Å². The summed E-state index contributed by atoms with van der Waals surface area (Å²) in [5, 5.41) is 2.76. The lowest BCUT2D eigenvalue weighted by Crippen LogP contribution is -2.13. The number of hydrogen-bond donors (Lipinski definition) is 1. The van der Waals surface area contributed by atoms with Crippen LogP contribution in [0.3, 0.4) is 0 Å². The van der Waals surface area contributed by atoms with Crippen molar-refractivity contribution in [2.24, 2.45) is 0 Å². The number of nitrogens with zero attached hydrogens (tertiary/aromatic N) is 2. The average molecular weight is 478 g/mol. The van der Waals surface area contributed by atoms with Crippen LogP contribution in [0.15, 0.2) is 54.6 Å². The molecule has 0 spiro atoms. The molecule has 0 saturated heterocycles. The molecule has 2 aromatic carbocycles. The number of ether oxygens (including phenoxy) is 2. The molecule has 9 heteroatoms. The van der Waals surface area contributed by atoms with Crippen LogP contribution >= 0.6 is 11.3 Å². The second-order valence-corrected chi connectivity index (χ2v) is 8.56. The average Bonchev–Trinajstić information content (AvgIpc) is 3.48. The van der Waals surface area contributed by atoms with Crippen molar-refractivity contribution in [2.45, 2.75) is 19.9 Å². The van der Waals surface area contributed by atoms with Crippen LogP contribution in [0.25, 0.3) is 21.7 Å². The Bertz CT molecular complexity index is 1350. The molecule has 1 N–H and O–H groups in total. The van der Waals surface area contributed by atoms with E-state index in [-0.39, 0.29) is 22.7 Å². The number of thiophene rings is 1. The second-order valence-electron chi connectivity index (χ2n) is 7.48. The maximum atomic E-state index is 13.0. The zero-order chi connectivity index (χ0) is 24.2. The first-order chi connectivity index (χ1) is 16.4. The minimum absolute atomic E-state index is 0.126. The largest absolute Gasteiger partial charge is 0.465 e. The highest BCUT2D eigenvalue weighted by Crippen LogP contribution is 2.31. The molecule has 4 rings (SSSR count). The highest BCUT2D eigenvalue weighted by atomic mass is 32.1. The molecule has 4 aromatic rings. The Labute approximate surface area is 200 Å². The molecule has 174 valence electrons. The van der Waals surface area contributed by atoms with E-state index < -0.39 is 11.9 Å². The molecule has 0 aliphatic heterocycles. The predicted molar refractivity (Wildman–Crippen MR) is 130 cm³/mol. The number of methoxy groups -OCH3 is 2. The van der Waals surface area contributed by atoms with Crippen LogP contribution in [0, 0.1) is 0 Å². The lowest BCUT2D eigenvalue weighted by molar-refractivity contribution is 0.0599. The van der Waals surface area contributed by atoms with Crippen LogP contribution < -0.4 is 5.32 Å². The van der Waals surface area contributed by atoms with E-state index in [9.17, 15) is 14.4 Å². The number of carbonyl (C=O) groups is 3. The van der Waals surface area contributed by atoms with Crippen molar-refractivity contribution < 1.29 is 23.9 Å². The van der Waals surface area contributed by atoms with Crippen molar-refractivity contribution in [1.29, 1.82) is 0 Å². The zero-order valence-electron chi connectivity index (χ0n) is 19.0. The first-order valence-corrected chi connectivity index (χ1v) is 11.4. The molecule has 2 aromatic heterocycles. The standard InChI is InChI=1S/C25H23N3O5S/c1-4-11-28-19-8-6-5-7-18(19)27-22(28)20-9-10-21(34-20)23(29)26-17-13-15(24(30)32-2)12-16(14-17)25(31)33-3/h5-10,12-14H,4,11H2,1-3H3,(H,26,29). The molecule has 0 aliphatic carbocycles. The topological polar surface area (TPSA) is 99.5 Å². The van der Waals surface area contributed by atoms with E-state index in [0.717, 1.165) is 34.7 Å². The van der Waals surface area contributed by atoms with E-state index in [1.54, 1.807) is 6.07 Å². The third kappa shape index (κ3) is 4.55. The molecule has 0 radical (unpaired) electrons. The van der Waals surface area contributed by atoms with Gasteiger partial charge in [0.1, 0.15) is 0 Å². The van der Waals surface area contributed by atoms with E-state index in [2.05, 4.69) is 16.8 Å². The van der Waals surface area contributed by atoms with E-state index in [4.69, 9.17) is 14.5 Å².